The Balaban J connectivity index is 2.54. The molecule has 0 aromatic heterocycles. The quantitative estimate of drug-likeness (QED) is 0.695. The van der Waals surface area contributed by atoms with Gasteiger partial charge in [-0.3, -0.25) is 9.59 Å². The molecular formula is C15H27NO4. The Bertz CT molecular complexity index is 328. The monoisotopic (exact) mass is 285 g/mol. The van der Waals surface area contributed by atoms with Gasteiger partial charge >= 0.3 is 5.97 Å². The van der Waals surface area contributed by atoms with Gasteiger partial charge in [-0.15, -0.1) is 0 Å². The number of amides is 1. The Hall–Kier alpha value is -1.10. The number of carbonyl (C=O) groups is 2. The summed E-state index contributed by atoms with van der Waals surface area (Å²) in [6.45, 7) is 6.13. The second-order valence-electron chi connectivity index (χ2n) is 5.62. The largest absolute Gasteiger partial charge is 0.481 e. The SMILES string of the molecule is CCCOCCC(=O)N1CCCC(CCC)(C(=O)O)C1. The van der Waals surface area contributed by atoms with Crippen LogP contribution in [0.2, 0.25) is 0 Å². The second kappa shape index (κ2) is 8.25. The molecule has 0 radical (unpaired) electrons. The third-order valence-electron chi connectivity index (χ3n) is 3.92. The number of ether oxygens (including phenoxy) is 1. The summed E-state index contributed by atoms with van der Waals surface area (Å²) >= 11 is 0. The van der Waals surface area contributed by atoms with E-state index in [0.29, 0.717) is 45.6 Å². The molecule has 0 aromatic rings. The summed E-state index contributed by atoms with van der Waals surface area (Å²) in [6, 6.07) is 0. The van der Waals surface area contributed by atoms with Crippen LogP contribution in [0.5, 0.6) is 0 Å². The molecule has 1 unspecified atom stereocenters. The summed E-state index contributed by atoms with van der Waals surface area (Å²) in [7, 11) is 0. The van der Waals surface area contributed by atoms with Gasteiger partial charge in [-0.05, 0) is 25.7 Å². The Morgan fingerprint density at radius 1 is 1.25 bits per heavy atom. The molecule has 1 atom stereocenters. The molecule has 1 fully saturated rings. The van der Waals surface area contributed by atoms with E-state index in [-0.39, 0.29) is 5.91 Å². The first-order chi connectivity index (χ1) is 9.55. The van der Waals surface area contributed by atoms with Crippen LogP contribution in [-0.4, -0.2) is 48.2 Å². The van der Waals surface area contributed by atoms with E-state index in [1.807, 2.05) is 13.8 Å². The molecular weight excluding hydrogens is 258 g/mol. The van der Waals surface area contributed by atoms with E-state index in [4.69, 9.17) is 4.74 Å². The van der Waals surface area contributed by atoms with E-state index in [0.717, 1.165) is 19.3 Å². The molecule has 0 aliphatic carbocycles. The summed E-state index contributed by atoms with van der Waals surface area (Å²) in [6.07, 6.45) is 4.20. The van der Waals surface area contributed by atoms with Crippen LogP contribution in [0.3, 0.4) is 0 Å². The molecule has 1 rings (SSSR count). The maximum atomic E-state index is 12.1. The number of hydrogen-bond donors (Lipinski definition) is 1. The summed E-state index contributed by atoms with van der Waals surface area (Å²) in [5.74, 6) is -0.749. The van der Waals surface area contributed by atoms with E-state index < -0.39 is 11.4 Å². The summed E-state index contributed by atoms with van der Waals surface area (Å²) in [5.41, 5.74) is -0.743. The lowest BCUT2D eigenvalue weighted by atomic mass is 9.76. The minimum Gasteiger partial charge on any atom is -0.481 e. The van der Waals surface area contributed by atoms with Crippen molar-refractivity contribution in [1.82, 2.24) is 4.90 Å². The van der Waals surface area contributed by atoms with Crippen LogP contribution in [0.4, 0.5) is 0 Å². The van der Waals surface area contributed by atoms with Crippen LogP contribution in [0, 0.1) is 5.41 Å². The number of likely N-dealkylation sites (tertiary alicyclic amines) is 1. The molecule has 5 nitrogen and oxygen atoms in total. The minimum atomic E-state index is -0.765. The highest BCUT2D eigenvalue weighted by atomic mass is 16.5. The highest BCUT2D eigenvalue weighted by Gasteiger charge is 2.42. The topological polar surface area (TPSA) is 66.8 Å². The number of piperidine rings is 1. The van der Waals surface area contributed by atoms with E-state index in [1.54, 1.807) is 4.90 Å². The van der Waals surface area contributed by atoms with Crippen molar-refractivity contribution >= 4 is 11.9 Å². The van der Waals surface area contributed by atoms with Crippen molar-refractivity contribution in [3.8, 4) is 0 Å². The van der Waals surface area contributed by atoms with Gasteiger partial charge in [0.1, 0.15) is 0 Å². The number of aliphatic carboxylic acids is 1. The average molecular weight is 285 g/mol. The van der Waals surface area contributed by atoms with Crippen molar-refractivity contribution in [2.24, 2.45) is 5.41 Å². The fourth-order valence-electron chi connectivity index (χ4n) is 2.87. The van der Waals surface area contributed by atoms with Crippen molar-refractivity contribution in [3.05, 3.63) is 0 Å². The fourth-order valence-corrected chi connectivity index (χ4v) is 2.87. The van der Waals surface area contributed by atoms with Crippen molar-refractivity contribution in [2.45, 2.75) is 52.4 Å². The lowest BCUT2D eigenvalue weighted by Gasteiger charge is -2.40. The number of carboxylic acids is 1. The number of nitrogens with zero attached hydrogens (tertiary/aromatic N) is 1. The summed E-state index contributed by atoms with van der Waals surface area (Å²) in [4.78, 5) is 25.4. The van der Waals surface area contributed by atoms with Crippen LogP contribution >= 0.6 is 0 Å². The number of hydrogen-bond acceptors (Lipinski definition) is 3. The highest BCUT2D eigenvalue weighted by Crippen LogP contribution is 2.35. The molecule has 1 aliphatic rings. The predicted octanol–water partition coefficient (Wildman–Crippen LogP) is 2.30. The third-order valence-corrected chi connectivity index (χ3v) is 3.92. The Morgan fingerprint density at radius 3 is 2.60 bits per heavy atom. The van der Waals surface area contributed by atoms with Gasteiger partial charge in [0, 0.05) is 19.7 Å². The smallest absolute Gasteiger partial charge is 0.311 e. The Kier molecular flexibility index (Phi) is 6.99. The maximum Gasteiger partial charge on any atom is 0.311 e. The molecule has 116 valence electrons. The van der Waals surface area contributed by atoms with Crippen molar-refractivity contribution in [2.75, 3.05) is 26.3 Å². The Morgan fingerprint density at radius 2 is 2.00 bits per heavy atom. The number of carboxylic acid groups (broad SMARTS) is 1. The third kappa shape index (κ3) is 4.47. The van der Waals surface area contributed by atoms with Crippen molar-refractivity contribution in [1.29, 1.82) is 0 Å². The maximum absolute atomic E-state index is 12.1. The fraction of sp³-hybridized carbons (Fsp3) is 0.867. The van der Waals surface area contributed by atoms with Crippen LogP contribution < -0.4 is 0 Å². The van der Waals surface area contributed by atoms with E-state index in [2.05, 4.69) is 0 Å². The van der Waals surface area contributed by atoms with Crippen molar-refractivity contribution < 1.29 is 19.4 Å². The molecule has 1 aliphatic heterocycles. The lowest BCUT2D eigenvalue weighted by molar-refractivity contribution is -0.155. The zero-order valence-corrected chi connectivity index (χ0v) is 12.7. The van der Waals surface area contributed by atoms with Gasteiger partial charge in [-0.25, -0.2) is 0 Å². The van der Waals surface area contributed by atoms with Gasteiger partial charge < -0.3 is 14.7 Å². The molecule has 0 bridgehead atoms. The van der Waals surface area contributed by atoms with Gasteiger partial charge in [0.25, 0.3) is 0 Å². The first-order valence-corrected chi connectivity index (χ1v) is 7.64. The minimum absolute atomic E-state index is 0.0162. The summed E-state index contributed by atoms with van der Waals surface area (Å²) < 4.78 is 5.33. The molecule has 20 heavy (non-hydrogen) atoms. The standard InChI is InChI=1S/C15H27NO4/c1-3-7-15(14(18)19)8-5-9-16(12-15)13(17)6-11-20-10-4-2/h3-12H2,1-2H3,(H,18,19). The second-order valence-corrected chi connectivity index (χ2v) is 5.62. The average Bonchev–Trinajstić information content (AvgIpc) is 2.44. The molecule has 0 saturated carbocycles. The van der Waals surface area contributed by atoms with Gasteiger partial charge in [0.05, 0.1) is 18.4 Å². The molecule has 1 heterocycles. The highest BCUT2D eigenvalue weighted by molar-refractivity contribution is 5.79. The molecule has 5 heteroatoms. The van der Waals surface area contributed by atoms with Gasteiger partial charge in [0.2, 0.25) is 5.91 Å². The zero-order chi connectivity index (χ0) is 15.0. The first-order valence-electron chi connectivity index (χ1n) is 7.64. The van der Waals surface area contributed by atoms with E-state index >= 15 is 0 Å². The van der Waals surface area contributed by atoms with Crippen molar-refractivity contribution in [3.63, 3.8) is 0 Å². The van der Waals surface area contributed by atoms with Crippen LogP contribution in [0.25, 0.3) is 0 Å². The Labute approximate surface area is 121 Å². The number of rotatable bonds is 8. The number of carbonyl (C=O) groups excluding carboxylic acids is 1. The molecule has 1 saturated heterocycles. The van der Waals surface area contributed by atoms with Crippen LogP contribution in [0.1, 0.15) is 52.4 Å². The molecule has 0 spiro atoms. The van der Waals surface area contributed by atoms with Gasteiger partial charge in [0.15, 0.2) is 0 Å². The van der Waals surface area contributed by atoms with Gasteiger partial charge in [-0.1, -0.05) is 20.3 Å². The van der Waals surface area contributed by atoms with Crippen LogP contribution in [0.15, 0.2) is 0 Å². The first kappa shape index (κ1) is 17.0. The van der Waals surface area contributed by atoms with Gasteiger partial charge in [-0.2, -0.15) is 0 Å². The normalized spacial score (nSPS) is 22.8. The van der Waals surface area contributed by atoms with Crippen LogP contribution in [-0.2, 0) is 14.3 Å². The lowest BCUT2D eigenvalue weighted by Crippen LogP contribution is -2.50. The molecule has 1 amide bonds. The van der Waals surface area contributed by atoms with E-state index in [1.165, 1.54) is 0 Å². The molecule has 1 N–H and O–H groups in total. The summed E-state index contributed by atoms with van der Waals surface area (Å²) in [5, 5.41) is 9.50. The zero-order valence-electron chi connectivity index (χ0n) is 12.7. The van der Waals surface area contributed by atoms with E-state index in [9.17, 15) is 14.7 Å². The molecule has 0 aromatic carbocycles. The predicted molar refractivity (Wildman–Crippen MR) is 76.5 cm³/mol.